The largest absolute Gasteiger partial charge is 0.459 e. The van der Waals surface area contributed by atoms with Gasteiger partial charge in [0.25, 0.3) is 0 Å². The van der Waals surface area contributed by atoms with Crippen LogP contribution in [0.2, 0.25) is 0 Å². The third kappa shape index (κ3) is 3.92. The van der Waals surface area contributed by atoms with Gasteiger partial charge in [0, 0.05) is 19.4 Å². The van der Waals surface area contributed by atoms with Crippen LogP contribution in [0.4, 0.5) is 0 Å². The second-order valence-corrected chi connectivity index (χ2v) is 5.77. The van der Waals surface area contributed by atoms with E-state index in [9.17, 15) is 9.59 Å². The van der Waals surface area contributed by atoms with Crippen molar-refractivity contribution in [2.45, 2.75) is 51.2 Å². The number of fused-ring (bicyclic) bond motifs is 1. The Morgan fingerprint density at radius 1 is 1.04 bits per heavy atom. The highest BCUT2D eigenvalue weighted by atomic mass is 16.8. The first-order valence-corrected chi connectivity index (χ1v) is 7.85. The standard InChI is InChI=1S/C17H20O7/c1-10(18)21-13-8-15(22-11(2)19)23-14-9-20-17(24-16(13)14)12-6-4-3-5-7-12/h3-7,13-17H,8-9H2,1-2H3/t13-,14-,15?,16+,17?/m1/s1. The van der Waals surface area contributed by atoms with Gasteiger partial charge in [-0.05, 0) is 0 Å². The number of hydrogen-bond donors (Lipinski definition) is 0. The molecule has 2 aliphatic rings. The van der Waals surface area contributed by atoms with Crippen LogP contribution in [0.5, 0.6) is 0 Å². The summed E-state index contributed by atoms with van der Waals surface area (Å²) in [6.45, 7) is 2.88. The van der Waals surface area contributed by atoms with E-state index in [1.54, 1.807) is 0 Å². The molecule has 24 heavy (non-hydrogen) atoms. The van der Waals surface area contributed by atoms with E-state index in [0.29, 0.717) is 0 Å². The van der Waals surface area contributed by atoms with Crippen molar-refractivity contribution in [3.05, 3.63) is 35.9 Å². The van der Waals surface area contributed by atoms with Crippen LogP contribution in [-0.2, 0) is 33.3 Å². The molecule has 0 spiro atoms. The van der Waals surface area contributed by atoms with Gasteiger partial charge in [-0.15, -0.1) is 0 Å². The highest BCUT2D eigenvalue weighted by molar-refractivity contribution is 5.66. The third-order valence-corrected chi connectivity index (χ3v) is 3.86. The monoisotopic (exact) mass is 336 g/mol. The maximum atomic E-state index is 11.4. The molecular formula is C17H20O7. The highest BCUT2D eigenvalue weighted by Gasteiger charge is 2.47. The molecule has 2 unspecified atom stereocenters. The Balaban J connectivity index is 1.74. The molecule has 0 amide bonds. The molecule has 1 aromatic rings. The topological polar surface area (TPSA) is 80.3 Å². The SMILES string of the molecule is CC(=O)OC1C[C@@H](OC(C)=O)[C@@H]2OC(c3ccccc3)OC[C@H]2O1. The van der Waals surface area contributed by atoms with Crippen molar-refractivity contribution >= 4 is 11.9 Å². The quantitative estimate of drug-likeness (QED) is 0.777. The van der Waals surface area contributed by atoms with Crippen molar-refractivity contribution in [3.63, 3.8) is 0 Å². The van der Waals surface area contributed by atoms with E-state index in [1.807, 2.05) is 30.3 Å². The molecule has 2 fully saturated rings. The predicted molar refractivity (Wildman–Crippen MR) is 80.6 cm³/mol. The van der Waals surface area contributed by atoms with E-state index in [1.165, 1.54) is 13.8 Å². The van der Waals surface area contributed by atoms with Crippen LogP contribution >= 0.6 is 0 Å². The number of rotatable bonds is 3. The molecule has 3 rings (SSSR count). The van der Waals surface area contributed by atoms with Gasteiger partial charge in [-0.3, -0.25) is 9.59 Å². The Kier molecular flexibility index (Phi) is 5.13. The van der Waals surface area contributed by atoms with Gasteiger partial charge in [0.05, 0.1) is 13.0 Å². The lowest BCUT2D eigenvalue weighted by Crippen LogP contribution is -2.56. The molecule has 2 heterocycles. The highest BCUT2D eigenvalue weighted by Crippen LogP contribution is 2.35. The number of ether oxygens (including phenoxy) is 5. The zero-order chi connectivity index (χ0) is 17.1. The molecule has 0 aliphatic carbocycles. The van der Waals surface area contributed by atoms with E-state index >= 15 is 0 Å². The minimum atomic E-state index is -0.784. The molecule has 2 saturated heterocycles. The smallest absolute Gasteiger partial charge is 0.304 e. The molecule has 0 saturated carbocycles. The maximum absolute atomic E-state index is 11.4. The summed E-state index contributed by atoms with van der Waals surface area (Å²) >= 11 is 0. The molecule has 0 aromatic heterocycles. The van der Waals surface area contributed by atoms with Gasteiger partial charge in [0.15, 0.2) is 6.29 Å². The van der Waals surface area contributed by atoms with Gasteiger partial charge in [-0.1, -0.05) is 30.3 Å². The van der Waals surface area contributed by atoms with Crippen molar-refractivity contribution in [2.24, 2.45) is 0 Å². The lowest BCUT2D eigenvalue weighted by Gasteiger charge is -2.44. The summed E-state index contributed by atoms with van der Waals surface area (Å²) < 4.78 is 27.9. The first-order valence-electron chi connectivity index (χ1n) is 7.85. The number of esters is 2. The minimum Gasteiger partial charge on any atom is -0.459 e. The number of benzene rings is 1. The second kappa shape index (κ2) is 7.29. The summed E-state index contributed by atoms with van der Waals surface area (Å²) in [4.78, 5) is 22.6. The van der Waals surface area contributed by atoms with Gasteiger partial charge < -0.3 is 23.7 Å². The van der Waals surface area contributed by atoms with Crippen LogP contribution in [-0.4, -0.2) is 43.1 Å². The van der Waals surface area contributed by atoms with Crippen LogP contribution in [0.3, 0.4) is 0 Å². The molecule has 130 valence electrons. The Morgan fingerprint density at radius 2 is 1.75 bits per heavy atom. The van der Waals surface area contributed by atoms with Crippen molar-refractivity contribution in [1.82, 2.24) is 0 Å². The fourth-order valence-corrected chi connectivity index (χ4v) is 2.94. The summed E-state index contributed by atoms with van der Waals surface area (Å²) in [6, 6.07) is 9.50. The molecule has 7 nitrogen and oxygen atoms in total. The molecule has 7 heteroatoms. The molecule has 1 aromatic carbocycles. The lowest BCUT2D eigenvalue weighted by molar-refractivity contribution is -0.333. The Bertz CT molecular complexity index is 588. The zero-order valence-electron chi connectivity index (χ0n) is 13.5. The van der Waals surface area contributed by atoms with Crippen LogP contribution < -0.4 is 0 Å². The molecular weight excluding hydrogens is 316 g/mol. The average Bonchev–Trinajstić information content (AvgIpc) is 2.54. The Hall–Kier alpha value is -1.96. The fraction of sp³-hybridized carbons (Fsp3) is 0.529. The van der Waals surface area contributed by atoms with Crippen molar-refractivity contribution < 1.29 is 33.3 Å². The van der Waals surface area contributed by atoms with Crippen molar-refractivity contribution in [3.8, 4) is 0 Å². The van der Waals surface area contributed by atoms with E-state index in [0.717, 1.165) is 5.56 Å². The Labute approximate surface area is 139 Å². The van der Waals surface area contributed by atoms with Gasteiger partial charge >= 0.3 is 11.9 Å². The maximum Gasteiger partial charge on any atom is 0.304 e. The first kappa shape index (κ1) is 16.9. The Morgan fingerprint density at radius 3 is 2.42 bits per heavy atom. The molecule has 0 radical (unpaired) electrons. The average molecular weight is 336 g/mol. The van der Waals surface area contributed by atoms with E-state index in [2.05, 4.69) is 0 Å². The first-order chi connectivity index (χ1) is 11.5. The number of carbonyl (C=O) groups excluding carboxylic acids is 2. The van der Waals surface area contributed by atoms with Crippen LogP contribution in [0.15, 0.2) is 30.3 Å². The molecule has 0 bridgehead atoms. The van der Waals surface area contributed by atoms with Gasteiger partial charge in [0.2, 0.25) is 6.29 Å². The van der Waals surface area contributed by atoms with Gasteiger partial charge in [0.1, 0.15) is 18.3 Å². The van der Waals surface area contributed by atoms with Gasteiger partial charge in [-0.2, -0.15) is 0 Å². The summed E-state index contributed by atoms with van der Waals surface area (Å²) in [6.07, 6.45) is -2.65. The summed E-state index contributed by atoms with van der Waals surface area (Å²) in [5.41, 5.74) is 0.875. The third-order valence-electron chi connectivity index (χ3n) is 3.86. The normalized spacial score (nSPS) is 32.5. The molecule has 5 atom stereocenters. The molecule has 2 aliphatic heterocycles. The van der Waals surface area contributed by atoms with E-state index < -0.39 is 42.8 Å². The van der Waals surface area contributed by atoms with E-state index in [-0.39, 0.29) is 13.0 Å². The fourth-order valence-electron chi connectivity index (χ4n) is 2.94. The number of carbonyl (C=O) groups is 2. The second-order valence-electron chi connectivity index (χ2n) is 5.77. The zero-order valence-corrected chi connectivity index (χ0v) is 13.5. The predicted octanol–water partition coefficient (Wildman–Crippen LogP) is 1.71. The number of hydrogen-bond acceptors (Lipinski definition) is 7. The summed E-state index contributed by atoms with van der Waals surface area (Å²) in [5, 5.41) is 0. The van der Waals surface area contributed by atoms with Crippen molar-refractivity contribution in [2.75, 3.05) is 6.61 Å². The van der Waals surface area contributed by atoms with Crippen molar-refractivity contribution in [1.29, 1.82) is 0 Å². The summed E-state index contributed by atoms with van der Waals surface area (Å²) in [7, 11) is 0. The van der Waals surface area contributed by atoms with E-state index in [4.69, 9.17) is 23.7 Å². The van der Waals surface area contributed by atoms with Gasteiger partial charge in [-0.25, -0.2) is 0 Å². The van der Waals surface area contributed by atoms with Crippen LogP contribution in [0.25, 0.3) is 0 Å². The minimum absolute atomic E-state index is 0.224. The molecule has 0 N–H and O–H groups in total. The van der Waals surface area contributed by atoms with Crippen LogP contribution in [0, 0.1) is 0 Å². The summed E-state index contributed by atoms with van der Waals surface area (Å²) in [5.74, 6) is -0.881. The lowest BCUT2D eigenvalue weighted by atomic mass is 10.00. The van der Waals surface area contributed by atoms with Crippen LogP contribution in [0.1, 0.15) is 32.1 Å².